The van der Waals surface area contributed by atoms with Crippen LogP contribution >= 0.6 is 0 Å². The molecule has 0 bridgehead atoms. The van der Waals surface area contributed by atoms with Crippen LogP contribution in [0.15, 0.2) is 48.5 Å². The zero-order valence-corrected chi connectivity index (χ0v) is 16.5. The number of sulfonamides is 1. The van der Waals surface area contributed by atoms with E-state index in [4.69, 9.17) is 10.00 Å². The second-order valence-electron chi connectivity index (χ2n) is 6.77. The molecule has 0 aliphatic carbocycles. The maximum atomic E-state index is 11.9. The van der Waals surface area contributed by atoms with Gasteiger partial charge in [0.25, 0.3) is 0 Å². The summed E-state index contributed by atoms with van der Waals surface area (Å²) in [6.07, 6.45) is 0. The van der Waals surface area contributed by atoms with Gasteiger partial charge in [0.1, 0.15) is 18.0 Å². The van der Waals surface area contributed by atoms with Crippen LogP contribution in [0, 0.1) is 11.3 Å². The largest absolute Gasteiger partial charge is 0.489 e. The maximum absolute atomic E-state index is 11.9. The van der Waals surface area contributed by atoms with Gasteiger partial charge >= 0.3 is 0 Å². The SMILES string of the molecule is CC(C)S(=O)(=O)NCC(C)(O)c1ccc(OCc2ccccc2C#N)cc1. The number of aliphatic hydroxyl groups is 1. The lowest BCUT2D eigenvalue weighted by Gasteiger charge is -2.25. The summed E-state index contributed by atoms with van der Waals surface area (Å²) in [5.74, 6) is 0.588. The Kier molecular flexibility index (Phi) is 6.60. The van der Waals surface area contributed by atoms with Crippen molar-refractivity contribution in [1.29, 1.82) is 5.26 Å². The molecule has 6 nitrogen and oxygen atoms in total. The van der Waals surface area contributed by atoms with Gasteiger partial charge in [-0.1, -0.05) is 30.3 Å². The molecule has 27 heavy (non-hydrogen) atoms. The predicted molar refractivity (Wildman–Crippen MR) is 104 cm³/mol. The van der Waals surface area contributed by atoms with Gasteiger partial charge in [-0.25, -0.2) is 13.1 Å². The molecule has 0 fully saturated rings. The normalized spacial score (nSPS) is 13.8. The van der Waals surface area contributed by atoms with Crippen molar-refractivity contribution in [3.63, 3.8) is 0 Å². The number of hydrogen-bond donors (Lipinski definition) is 2. The molecule has 0 aromatic heterocycles. The van der Waals surface area contributed by atoms with Crippen molar-refractivity contribution in [3.8, 4) is 11.8 Å². The zero-order chi connectivity index (χ0) is 20.1. The van der Waals surface area contributed by atoms with Gasteiger partial charge in [-0.2, -0.15) is 5.26 Å². The summed E-state index contributed by atoms with van der Waals surface area (Å²) >= 11 is 0. The van der Waals surface area contributed by atoms with Gasteiger partial charge in [0.05, 0.1) is 16.9 Å². The third-order valence-corrected chi connectivity index (χ3v) is 6.03. The average Bonchev–Trinajstić information content (AvgIpc) is 2.65. The fraction of sp³-hybridized carbons (Fsp3) is 0.350. The Balaban J connectivity index is 2.02. The van der Waals surface area contributed by atoms with Crippen LogP contribution in [0.5, 0.6) is 5.75 Å². The zero-order valence-electron chi connectivity index (χ0n) is 15.6. The number of ether oxygens (including phenoxy) is 1. The van der Waals surface area contributed by atoms with Crippen molar-refractivity contribution in [2.75, 3.05) is 6.54 Å². The number of nitrogens with one attached hydrogen (secondary N) is 1. The number of hydrogen-bond acceptors (Lipinski definition) is 5. The van der Waals surface area contributed by atoms with Crippen molar-refractivity contribution in [1.82, 2.24) is 4.72 Å². The topological polar surface area (TPSA) is 99.4 Å². The molecule has 1 unspecified atom stereocenters. The van der Waals surface area contributed by atoms with Crippen LogP contribution < -0.4 is 9.46 Å². The second kappa shape index (κ2) is 8.53. The maximum Gasteiger partial charge on any atom is 0.214 e. The van der Waals surface area contributed by atoms with E-state index < -0.39 is 20.9 Å². The molecule has 2 N–H and O–H groups in total. The minimum Gasteiger partial charge on any atom is -0.489 e. The Hall–Kier alpha value is -2.40. The monoisotopic (exact) mass is 388 g/mol. The van der Waals surface area contributed by atoms with Crippen LogP contribution in [0.4, 0.5) is 0 Å². The van der Waals surface area contributed by atoms with Crippen LogP contribution in [0.1, 0.15) is 37.5 Å². The molecule has 0 aliphatic rings. The molecule has 0 saturated carbocycles. The number of nitriles is 1. The van der Waals surface area contributed by atoms with Crippen molar-refractivity contribution in [3.05, 3.63) is 65.2 Å². The Labute approximate surface area is 160 Å². The third-order valence-electron chi connectivity index (χ3n) is 4.25. The lowest BCUT2D eigenvalue weighted by atomic mass is 9.96. The van der Waals surface area contributed by atoms with Gasteiger partial charge in [-0.15, -0.1) is 0 Å². The predicted octanol–water partition coefficient (Wildman–Crippen LogP) is 2.67. The van der Waals surface area contributed by atoms with Crippen molar-refractivity contribution < 1.29 is 18.3 Å². The molecule has 0 radical (unpaired) electrons. The summed E-state index contributed by atoms with van der Waals surface area (Å²) in [5, 5.41) is 19.1. The lowest BCUT2D eigenvalue weighted by Crippen LogP contribution is -2.41. The van der Waals surface area contributed by atoms with Crippen molar-refractivity contribution in [2.45, 2.75) is 38.2 Å². The van der Waals surface area contributed by atoms with Gasteiger partial charge < -0.3 is 9.84 Å². The molecule has 2 rings (SSSR count). The summed E-state index contributed by atoms with van der Waals surface area (Å²) < 4.78 is 31.9. The summed E-state index contributed by atoms with van der Waals surface area (Å²) in [6.45, 7) is 4.84. The Morgan fingerprint density at radius 1 is 1.19 bits per heavy atom. The van der Waals surface area contributed by atoms with Crippen LogP contribution in [0.3, 0.4) is 0 Å². The first kappa shape index (κ1) is 20.9. The van der Waals surface area contributed by atoms with Gasteiger partial charge in [0, 0.05) is 12.1 Å². The quantitative estimate of drug-likeness (QED) is 0.724. The van der Waals surface area contributed by atoms with E-state index in [2.05, 4.69) is 10.8 Å². The molecule has 0 aliphatic heterocycles. The van der Waals surface area contributed by atoms with E-state index in [0.29, 0.717) is 16.9 Å². The fourth-order valence-electron chi connectivity index (χ4n) is 2.34. The van der Waals surface area contributed by atoms with Gasteiger partial charge in [-0.05, 0) is 44.5 Å². The number of nitrogens with zero attached hydrogens (tertiary/aromatic N) is 1. The molecule has 1 atom stereocenters. The summed E-state index contributed by atoms with van der Waals surface area (Å²) in [7, 11) is -3.45. The van der Waals surface area contributed by atoms with E-state index in [1.54, 1.807) is 57.2 Å². The molecule has 0 amide bonds. The molecule has 7 heteroatoms. The molecule has 0 saturated heterocycles. The first-order chi connectivity index (χ1) is 12.7. The van der Waals surface area contributed by atoms with Crippen LogP contribution in [0.2, 0.25) is 0 Å². The Morgan fingerprint density at radius 3 is 2.41 bits per heavy atom. The molecular formula is C20H24N2O4S. The molecule has 0 spiro atoms. The Bertz CT molecular complexity index is 914. The standard InChI is InChI=1S/C20H24N2O4S/c1-15(2)27(24,25)22-14-20(3,23)18-8-10-19(11-9-18)26-13-17-7-5-4-6-16(17)12-21/h4-11,15,22-23H,13-14H2,1-3H3. The minimum absolute atomic E-state index is 0.122. The highest BCUT2D eigenvalue weighted by molar-refractivity contribution is 7.90. The average molecular weight is 388 g/mol. The summed E-state index contributed by atoms with van der Waals surface area (Å²) in [6, 6.07) is 16.1. The van der Waals surface area contributed by atoms with E-state index in [-0.39, 0.29) is 13.2 Å². The van der Waals surface area contributed by atoms with Crippen LogP contribution in [0.25, 0.3) is 0 Å². The first-order valence-electron chi connectivity index (χ1n) is 8.58. The molecule has 144 valence electrons. The molecule has 2 aromatic carbocycles. The molecular weight excluding hydrogens is 364 g/mol. The molecule has 0 heterocycles. The van der Waals surface area contributed by atoms with Crippen LogP contribution in [-0.2, 0) is 22.2 Å². The summed E-state index contributed by atoms with van der Waals surface area (Å²) in [4.78, 5) is 0. The second-order valence-corrected chi connectivity index (χ2v) is 9.09. The highest BCUT2D eigenvalue weighted by Crippen LogP contribution is 2.24. The highest BCUT2D eigenvalue weighted by Gasteiger charge is 2.26. The van der Waals surface area contributed by atoms with Gasteiger partial charge in [0.15, 0.2) is 0 Å². The Morgan fingerprint density at radius 2 is 1.81 bits per heavy atom. The number of rotatable bonds is 8. The van der Waals surface area contributed by atoms with Crippen LogP contribution in [-0.4, -0.2) is 25.3 Å². The molecule has 2 aromatic rings. The van der Waals surface area contributed by atoms with E-state index in [1.165, 1.54) is 0 Å². The van der Waals surface area contributed by atoms with E-state index in [1.807, 2.05) is 12.1 Å². The fourth-order valence-corrected chi connectivity index (χ4v) is 3.15. The van der Waals surface area contributed by atoms with Crippen molar-refractivity contribution >= 4 is 10.0 Å². The van der Waals surface area contributed by atoms with Crippen molar-refractivity contribution in [2.24, 2.45) is 0 Å². The smallest absolute Gasteiger partial charge is 0.214 e. The first-order valence-corrected chi connectivity index (χ1v) is 10.1. The van der Waals surface area contributed by atoms with E-state index in [9.17, 15) is 13.5 Å². The van der Waals surface area contributed by atoms with Gasteiger partial charge in [0.2, 0.25) is 10.0 Å². The van der Waals surface area contributed by atoms with E-state index in [0.717, 1.165) is 5.56 Å². The third kappa shape index (κ3) is 5.54. The van der Waals surface area contributed by atoms with E-state index >= 15 is 0 Å². The minimum atomic E-state index is -3.45. The summed E-state index contributed by atoms with van der Waals surface area (Å²) in [5.41, 5.74) is 0.570. The van der Waals surface area contributed by atoms with Gasteiger partial charge in [-0.3, -0.25) is 0 Å². The lowest BCUT2D eigenvalue weighted by molar-refractivity contribution is 0.0626. The highest BCUT2D eigenvalue weighted by atomic mass is 32.2. The number of benzene rings is 2.